The lowest BCUT2D eigenvalue weighted by atomic mass is 9.84. The maximum atomic E-state index is 12.2. The molecule has 0 unspecified atom stereocenters. The van der Waals surface area contributed by atoms with Crippen molar-refractivity contribution >= 4 is 24.4 Å². The number of carbonyl (C=O) groups is 2. The minimum Gasteiger partial charge on any atom is -0.459 e. The number of nitrogens with zero attached hydrogens (tertiary/aromatic N) is 2. The Morgan fingerprint density at radius 2 is 1.36 bits per heavy atom. The fraction of sp³-hybridized carbons (Fsp3) is 0.730. The van der Waals surface area contributed by atoms with E-state index in [0.29, 0.717) is 12.0 Å². The first-order valence-corrected chi connectivity index (χ1v) is 17.6. The summed E-state index contributed by atoms with van der Waals surface area (Å²) in [6, 6.07) is 0. The number of esters is 2. The van der Waals surface area contributed by atoms with Gasteiger partial charge in [0.1, 0.15) is 24.4 Å². The molecule has 8 nitrogen and oxygen atoms in total. The lowest BCUT2D eigenvalue weighted by Gasteiger charge is -2.19. The SMILES string of the molecule is C=C1C(=O)O[C@H]2[C@H]1CCC(/C=N/CCCCCCCC/N=C\C1=C\CC[C@@]3(C)O[C@H]3[C@H]3OC(=O)C[C@@H]3CC1)=C\CC[C@@]1(C)O[C@@H]21. The minimum atomic E-state index is -0.261. The van der Waals surface area contributed by atoms with Crippen molar-refractivity contribution in [1.29, 1.82) is 0 Å². The number of hydrogen-bond acceptors (Lipinski definition) is 8. The maximum absolute atomic E-state index is 12.2. The van der Waals surface area contributed by atoms with Crippen molar-refractivity contribution in [2.45, 2.75) is 146 Å². The fourth-order valence-electron chi connectivity index (χ4n) is 7.87. The molecule has 4 saturated heterocycles. The van der Waals surface area contributed by atoms with Crippen LogP contribution in [0.1, 0.15) is 110 Å². The average molecular weight is 621 g/mol. The smallest absolute Gasteiger partial charge is 0.334 e. The van der Waals surface area contributed by atoms with Gasteiger partial charge in [0.15, 0.2) is 0 Å². The fourth-order valence-corrected chi connectivity index (χ4v) is 7.87. The summed E-state index contributed by atoms with van der Waals surface area (Å²) >= 11 is 0. The van der Waals surface area contributed by atoms with Gasteiger partial charge in [0.05, 0.1) is 17.6 Å². The molecule has 0 aromatic heterocycles. The van der Waals surface area contributed by atoms with Crippen LogP contribution in [0.15, 0.2) is 45.4 Å². The number of fused-ring (bicyclic) bond motifs is 6. The molecule has 2 aliphatic carbocycles. The molecule has 8 atom stereocenters. The second kappa shape index (κ2) is 14.0. The molecule has 4 aliphatic heterocycles. The number of unbranched alkanes of at least 4 members (excludes halogenated alkanes) is 5. The molecule has 6 aliphatic rings. The second-order valence-electron chi connectivity index (χ2n) is 14.5. The molecule has 0 aromatic carbocycles. The zero-order chi connectivity index (χ0) is 31.4. The Morgan fingerprint density at radius 3 is 1.98 bits per heavy atom. The first-order valence-electron chi connectivity index (χ1n) is 17.6. The Bertz CT molecular complexity index is 1250. The van der Waals surface area contributed by atoms with Crippen LogP contribution in [-0.4, -0.2) is 73.1 Å². The van der Waals surface area contributed by atoms with Gasteiger partial charge in [-0.1, -0.05) is 44.4 Å². The standard InChI is InChI=1S/C37H52N2O6/c1-25-29-17-15-27(13-11-19-37(3)34(45-37)32(29)43-35(25)41)24-39-21-9-7-5-4-6-8-20-38-23-26-12-10-18-36(2)33(44-36)31-28(16-14-26)22-30(40)42-31/h12-13,23-24,28-29,31-34H,1,4-11,14-22H2,2-3H3/b26-12+,27-13+,38-23-,39-24+/t28-,29-,31-,32-,33-,34-,36+,37+/m0/s1. The van der Waals surface area contributed by atoms with Crippen LogP contribution in [0.25, 0.3) is 0 Å². The summed E-state index contributed by atoms with van der Waals surface area (Å²) in [7, 11) is 0. The van der Waals surface area contributed by atoms with E-state index < -0.39 is 0 Å². The quantitative estimate of drug-likeness (QED) is 0.0827. The topological polar surface area (TPSA) is 102 Å². The van der Waals surface area contributed by atoms with E-state index in [1.807, 2.05) is 6.21 Å². The summed E-state index contributed by atoms with van der Waals surface area (Å²) in [5.74, 6) is -0.0468. The average Bonchev–Trinajstić information content (AvgIpc) is 3.79. The van der Waals surface area contributed by atoms with Gasteiger partial charge in [-0.3, -0.25) is 14.8 Å². The van der Waals surface area contributed by atoms with Gasteiger partial charge in [0.25, 0.3) is 0 Å². The van der Waals surface area contributed by atoms with Gasteiger partial charge in [-0.05, 0) is 89.2 Å². The summed E-state index contributed by atoms with van der Waals surface area (Å²) < 4.78 is 23.3. The van der Waals surface area contributed by atoms with E-state index in [2.05, 4.69) is 38.8 Å². The van der Waals surface area contributed by atoms with Gasteiger partial charge in [-0.25, -0.2) is 4.79 Å². The van der Waals surface area contributed by atoms with E-state index in [1.165, 1.54) is 36.8 Å². The molecule has 0 bridgehead atoms. The molecule has 0 saturated carbocycles. The first kappa shape index (κ1) is 32.4. The van der Waals surface area contributed by atoms with Gasteiger partial charge in [-0.15, -0.1) is 0 Å². The zero-order valence-electron chi connectivity index (χ0n) is 27.3. The summed E-state index contributed by atoms with van der Waals surface area (Å²) in [5, 5.41) is 0. The lowest BCUT2D eigenvalue weighted by Crippen LogP contribution is -2.28. The van der Waals surface area contributed by atoms with Crippen LogP contribution in [0, 0.1) is 11.8 Å². The van der Waals surface area contributed by atoms with Crippen molar-refractivity contribution < 1.29 is 28.5 Å². The predicted molar refractivity (Wildman–Crippen MR) is 175 cm³/mol. The van der Waals surface area contributed by atoms with Crippen LogP contribution in [-0.2, 0) is 28.5 Å². The van der Waals surface area contributed by atoms with E-state index in [-0.39, 0.29) is 59.4 Å². The molecule has 4 fully saturated rings. The van der Waals surface area contributed by atoms with Gasteiger partial charge in [0, 0.05) is 42.9 Å². The third kappa shape index (κ3) is 7.87. The van der Waals surface area contributed by atoms with E-state index >= 15 is 0 Å². The van der Waals surface area contributed by atoms with Crippen LogP contribution < -0.4 is 0 Å². The summed E-state index contributed by atoms with van der Waals surface area (Å²) in [4.78, 5) is 33.6. The molecule has 246 valence electrons. The third-order valence-corrected chi connectivity index (χ3v) is 11.0. The van der Waals surface area contributed by atoms with E-state index in [0.717, 1.165) is 77.3 Å². The Kier molecular flexibility index (Phi) is 10.1. The molecule has 0 N–H and O–H groups in total. The molecule has 0 aromatic rings. The summed E-state index contributed by atoms with van der Waals surface area (Å²) in [6.07, 6.45) is 23.6. The molecule has 0 spiro atoms. The third-order valence-electron chi connectivity index (χ3n) is 11.0. The number of epoxide rings is 2. The molecule has 4 heterocycles. The molecule has 6 rings (SSSR count). The molecular formula is C37H52N2O6. The number of aliphatic imine (C=N–C) groups is 2. The second-order valence-corrected chi connectivity index (χ2v) is 14.5. The van der Waals surface area contributed by atoms with E-state index in [1.54, 1.807) is 0 Å². The molecular weight excluding hydrogens is 568 g/mol. The van der Waals surface area contributed by atoms with Gasteiger partial charge < -0.3 is 18.9 Å². The monoisotopic (exact) mass is 620 g/mol. The highest BCUT2D eigenvalue weighted by Crippen LogP contribution is 2.50. The molecule has 8 heteroatoms. The largest absolute Gasteiger partial charge is 0.459 e. The van der Waals surface area contributed by atoms with Crippen LogP contribution >= 0.6 is 0 Å². The maximum Gasteiger partial charge on any atom is 0.334 e. The van der Waals surface area contributed by atoms with Crippen molar-refractivity contribution in [2.75, 3.05) is 13.1 Å². The van der Waals surface area contributed by atoms with Gasteiger partial charge >= 0.3 is 11.9 Å². The number of ether oxygens (including phenoxy) is 4. The summed E-state index contributed by atoms with van der Waals surface area (Å²) in [5.41, 5.74) is 2.78. The Hall–Kier alpha value is -2.58. The lowest BCUT2D eigenvalue weighted by molar-refractivity contribution is -0.142. The van der Waals surface area contributed by atoms with Crippen molar-refractivity contribution in [3.05, 3.63) is 35.5 Å². The van der Waals surface area contributed by atoms with Crippen LogP contribution in [0.3, 0.4) is 0 Å². The first-order chi connectivity index (χ1) is 21.8. The van der Waals surface area contributed by atoms with Crippen LogP contribution in [0.4, 0.5) is 0 Å². The van der Waals surface area contributed by atoms with Crippen LogP contribution in [0.5, 0.6) is 0 Å². The predicted octanol–water partition coefficient (Wildman–Crippen LogP) is 6.81. The van der Waals surface area contributed by atoms with Crippen molar-refractivity contribution in [1.82, 2.24) is 0 Å². The van der Waals surface area contributed by atoms with E-state index in [4.69, 9.17) is 28.9 Å². The van der Waals surface area contributed by atoms with Gasteiger partial charge in [-0.2, -0.15) is 0 Å². The minimum absolute atomic E-state index is 0.00119. The highest BCUT2D eigenvalue weighted by molar-refractivity contribution is 5.91. The number of hydrogen-bond donors (Lipinski definition) is 0. The van der Waals surface area contributed by atoms with E-state index in [9.17, 15) is 9.59 Å². The summed E-state index contributed by atoms with van der Waals surface area (Å²) in [6.45, 7) is 10.0. The van der Waals surface area contributed by atoms with Gasteiger partial charge in [0.2, 0.25) is 0 Å². The normalized spacial score (nSPS) is 40.4. The van der Waals surface area contributed by atoms with Crippen LogP contribution in [0.2, 0.25) is 0 Å². The number of carbonyl (C=O) groups excluding carboxylic acids is 2. The highest BCUT2D eigenvalue weighted by Gasteiger charge is 2.62. The molecule has 0 amide bonds. The number of allylic oxidation sites excluding steroid dienone is 4. The highest BCUT2D eigenvalue weighted by atomic mass is 16.7. The van der Waals surface area contributed by atoms with Crippen molar-refractivity contribution in [2.24, 2.45) is 21.8 Å². The number of rotatable bonds is 11. The Morgan fingerprint density at radius 1 is 0.800 bits per heavy atom. The Balaban J connectivity index is 0.840. The zero-order valence-corrected chi connectivity index (χ0v) is 27.3. The Labute approximate surface area is 268 Å². The van der Waals surface area contributed by atoms with Crippen molar-refractivity contribution in [3.63, 3.8) is 0 Å². The molecule has 0 radical (unpaired) electrons. The van der Waals surface area contributed by atoms with Crippen molar-refractivity contribution in [3.8, 4) is 0 Å². The molecule has 45 heavy (non-hydrogen) atoms.